The quantitative estimate of drug-likeness (QED) is 0.581. The summed E-state index contributed by atoms with van der Waals surface area (Å²) in [6.07, 6.45) is 11.5. The van der Waals surface area contributed by atoms with Gasteiger partial charge in [0.25, 0.3) is 0 Å². The van der Waals surface area contributed by atoms with Gasteiger partial charge in [-0.15, -0.1) is 0 Å². The van der Waals surface area contributed by atoms with Crippen LogP contribution in [0.4, 0.5) is 0 Å². The Morgan fingerprint density at radius 1 is 1.00 bits per heavy atom. The second-order valence-corrected chi connectivity index (χ2v) is 3.74. The molecule has 0 fully saturated rings. The summed E-state index contributed by atoms with van der Waals surface area (Å²) in [6.45, 7) is 0. The second kappa shape index (κ2) is 2.60. The Labute approximate surface area is 73.4 Å². The highest BCUT2D eigenvalue weighted by molar-refractivity contribution is 5.64. The van der Waals surface area contributed by atoms with E-state index in [0.717, 1.165) is 0 Å². The van der Waals surface area contributed by atoms with Crippen molar-refractivity contribution < 1.29 is 0 Å². The lowest BCUT2D eigenvalue weighted by Crippen LogP contribution is -1.96. The smallest absolute Gasteiger partial charge is 0.00550 e. The van der Waals surface area contributed by atoms with Crippen molar-refractivity contribution >= 4 is 0 Å². The van der Waals surface area contributed by atoms with E-state index in [4.69, 9.17) is 0 Å². The van der Waals surface area contributed by atoms with E-state index in [2.05, 4.69) is 12.2 Å². The Morgan fingerprint density at radius 2 is 1.83 bits per heavy atom. The molecule has 0 aliphatic heterocycles. The van der Waals surface area contributed by atoms with Crippen molar-refractivity contribution in [2.45, 2.75) is 32.1 Å². The molecule has 0 saturated carbocycles. The molecule has 0 bridgehead atoms. The van der Waals surface area contributed by atoms with Gasteiger partial charge in [0.2, 0.25) is 0 Å². The van der Waals surface area contributed by atoms with Crippen molar-refractivity contribution in [1.82, 2.24) is 6.15 Å². The summed E-state index contributed by atoms with van der Waals surface area (Å²) in [5.41, 5.74) is 6.71. The number of rotatable bonds is 0. The van der Waals surface area contributed by atoms with Crippen LogP contribution in [0.1, 0.15) is 32.1 Å². The van der Waals surface area contributed by atoms with E-state index >= 15 is 0 Å². The second-order valence-electron chi connectivity index (χ2n) is 3.74. The summed E-state index contributed by atoms with van der Waals surface area (Å²) >= 11 is 0. The normalized spacial score (nSPS) is 24.7. The van der Waals surface area contributed by atoms with Gasteiger partial charge in [-0.25, -0.2) is 0 Å². The first-order chi connectivity index (χ1) is 5.45. The Morgan fingerprint density at radius 3 is 2.58 bits per heavy atom. The first kappa shape index (κ1) is 7.81. The molecule has 0 spiro atoms. The summed E-state index contributed by atoms with van der Waals surface area (Å²) in [5.74, 6) is 0. The maximum absolute atomic E-state index is 2.29. The molecule has 0 amide bonds. The molecule has 0 aromatic carbocycles. The fourth-order valence-electron chi connectivity index (χ4n) is 2.45. The van der Waals surface area contributed by atoms with Crippen molar-refractivity contribution in [2.24, 2.45) is 0 Å². The molecule has 0 unspecified atom stereocenters. The fraction of sp³-hybridized carbons (Fsp3) is 0.455. The van der Waals surface area contributed by atoms with Gasteiger partial charge < -0.3 is 6.15 Å². The molecule has 64 valence electrons. The van der Waals surface area contributed by atoms with Crippen molar-refractivity contribution in [2.75, 3.05) is 0 Å². The molecule has 12 heavy (non-hydrogen) atoms. The van der Waals surface area contributed by atoms with Crippen LogP contribution in [0.15, 0.2) is 34.4 Å². The SMILES string of the molecule is C1=C2CC3=C(CCCC3)C2=C1.N. The monoisotopic (exact) mass is 161 g/mol. The lowest BCUT2D eigenvalue weighted by atomic mass is 9.90. The summed E-state index contributed by atoms with van der Waals surface area (Å²) in [6, 6.07) is 0. The first-order valence-electron chi connectivity index (χ1n) is 4.57. The highest BCUT2D eigenvalue weighted by Gasteiger charge is 2.28. The number of fused-ring (bicyclic) bond motifs is 2. The molecule has 1 nitrogen and oxygen atoms in total. The fourth-order valence-corrected chi connectivity index (χ4v) is 2.45. The molecule has 0 atom stereocenters. The van der Waals surface area contributed by atoms with Crippen LogP contribution >= 0.6 is 0 Å². The van der Waals surface area contributed by atoms with Crippen LogP contribution in [0.3, 0.4) is 0 Å². The van der Waals surface area contributed by atoms with Crippen LogP contribution in [0.5, 0.6) is 0 Å². The van der Waals surface area contributed by atoms with Gasteiger partial charge >= 0.3 is 0 Å². The zero-order valence-corrected chi connectivity index (χ0v) is 7.40. The van der Waals surface area contributed by atoms with Gasteiger partial charge in [0.05, 0.1) is 0 Å². The highest BCUT2D eigenvalue weighted by Crippen LogP contribution is 2.46. The number of hydrogen-bond donors (Lipinski definition) is 1. The molecular formula is C11H15N. The minimum atomic E-state index is 0. The summed E-state index contributed by atoms with van der Waals surface area (Å²) in [5, 5.41) is 0. The van der Waals surface area contributed by atoms with Crippen molar-refractivity contribution in [3.05, 3.63) is 34.4 Å². The third kappa shape index (κ3) is 0.831. The third-order valence-electron chi connectivity index (χ3n) is 3.11. The molecular weight excluding hydrogens is 146 g/mol. The predicted molar refractivity (Wildman–Crippen MR) is 51.3 cm³/mol. The van der Waals surface area contributed by atoms with E-state index in [-0.39, 0.29) is 6.15 Å². The maximum Gasteiger partial charge on any atom is -0.00550 e. The van der Waals surface area contributed by atoms with Crippen LogP contribution in [-0.2, 0) is 0 Å². The Hall–Kier alpha value is -0.820. The van der Waals surface area contributed by atoms with Crippen LogP contribution in [0, 0.1) is 0 Å². The van der Waals surface area contributed by atoms with Crippen molar-refractivity contribution in [3.8, 4) is 0 Å². The summed E-state index contributed by atoms with van der Waals surface area (Å²) in [4.78, 5) is 0. The number of allylic oxidation sites excluding steroid dienone is 6. The first-order valence-corrected chi connectivity index (χ1v) is 4.57. The van der Waals surface area contributed by atoms with E-state index in [1.165, 1.54) is 32.1 Å². The van der Waals surface area contributed by atoms with Crippen LogP contribution in [-0.4, -0.2) is 0 Å². The van der Waals surface area contributed by atoms with Gasteiger partial charge in [0.15, 0.2) is 0 Å². The average Bonchev–Trinajstić information content (AvgIpc) is 2.23. The van der Waals surface area contributed by atoms with E-state index in [0.29, 0.717) is 0 Å². The van der Waals surface area contributed by atoms with Gasteiger partial charge in [-0.2, -0.15) is 0 Å². The number of hydrogen-bond acceptors (Lipinski definition) is 1. The zero-order chi connectivity index (χ0) is 7.26. The Balaban J connectivity index is 0.000000563. The average molecular weight is 161 g/mol. The van der Waals surface area contributed by atoms with Gasteiger partial charge in [-0.05, 0) is 48.8 Å². The molecule has 3 aliphatic rings. The van der Waals surface area contributed by atoms with E-state index in [9.17, 15) is 0 Å². The lowest BCUT2D eigenvalue weighted by Gasteiger charge is -2.15. The van der Waals surface area contributed by atoms with Crippen LogP contribution < -0.4 is 6.15 Å². The molecule has 3 rings (SSSR count). The van der Waals surface area contributed by atoms with Crippen molar-refractivity contribution in [1.29, 1.82) is 0 Å². The van der Waals surface area contributed by atoms with Crippen LogP contribution in [0.25, 0.3) is 0 Å². The largest absolute Gasteiger partial charge is 0.344 e. The van der Waals surface area contributed by atoms with E-state index in [1.54, 1.807) is 22.3 Å². The summed E-state index contributed by atoms with van der Waals surface area (Å²) in [7, 11) is 0. The molecule has 3 N–H and O–H groups in total. The predicted octanol–water partition coefficient (Wildman–Crippen LogP) is 3.29. The van der Waals surface area contributed by atoms with Gasteiger partial charge in [0, 0.05) is 0 Å². The zero-order valence-electron chi connectivity index (χ0n) is 7.40. The minimum Gasteiger partial charge on any atom is -0.344 e. The molecule has 0 saturated heterocycles. The standard InChI is InChI=1S/C11H12.H3N/c1-2-4-10-8(3-1)7-9-5-6-11(9)10;/h5-6H,1-4,7H2;1H3. The molecule has 0 heterocycles. The maximum atomic E-state index is 2.29. The Kier molecular flexibility index (Phi) is 1.69. The minimum absolute atomic E-state index is 0. The van der Waals surface area contributed by atoms with Gasteiger partial charge in [-0.1, -0.05) is 17.7 Å². The lowest BCUT2D eigenvalue weighted by molar-refractivity contribution is 0.681. The molecule has 0 radical (unpaired) electrons. The van der Waals surface area contributed by atoms with E-state index in [1.807, 2.05) is 0 Å². The van der Waals surface area contributed by atoms with Crippen molar-refractivity contribution in [3.63, 3.8) is 0 Å². The molecule has 0 aromatic rings. The summed E-state index contributed by atoms with van der Waals surface area (Å²) < 4.78 is 0. The van der Waals surface area contributed by atoms with E-state index < -0.39 is 0 Å². The highest BCUT2D eigenvalue weighted by atomic mass is 14.3. The van der Waals surface area contributed by atoms with Gasteiger partial charge in [-0.3, -0.25) is 0 Å². The molecule has 3 aliphatic carbocycles. The third-order valence-corrected chi connectivity index (χ3v) is 3.11. The van der Waals surface area contributed by atoms with Gasteiger partial charge in [0.1, 0.15) is 0 Å². The van der Waals surface area contributed by atoms with Crippen LogP contribution in [0.2, 0.25) is 0 Å². The Bertz CT molecular complexity index is 305. The molecule has 1 heteroatoms. The molecule has 0 aromatic heterocycles. The topological polar surface area (TPSA) is 35.0 Å².